The van der Waals surface area contributed by atoms with Gasteiger partial charge in [-0.3, -0.25) is 4.79 Å². The highest BCUT2D eigenvalue weighted by Gasteiger charge is 2.10. The lowest BCUT2D eigenvalue weighted by atomic mass is 10.1. The van der Waals surface area contributed by atoms with Crippen LogP contribution < -0.4 is 4.74 Å². The Morgan fingerprint density at radius 1 is 1.05 bits per heavy atom. The van der Waals surface area contributed by atoms with Crippen LogP contribution >= 0.6 is 31.9 Å². The number of ketones is 1. The number of carbonyl (C=O) groups excluding carboxylic acids is 1. The Morgan fingerprint density at radius 3 is 2.20 bits per heavy atom. The molecule has 0 unspecified atom stereocenters. The number of benzene rings is 2. The second-order valence-corrected chi connectivity index (χ2v) is 6.02. The van der Waals surface area contributed by atoms with Crippen molar-refractivity contribution in [3.63, 3.8) is 0 Å². The van der Waals surface area contributed by atoms with E-state index in [-0.39, 0.29) is 12.4 Å². The molecule has 2 rings (SSSR count). The summed E-state index contributed by atoms with van der Waals surface area (Å²) in [6.45, 7) is 2.11. The molecule has 2 aromatic rings. The Balaban J connectivity index is 2.04. The number of hydrogen-bond acceptors (Lipinski definition) is 2. The number of ether oxygens (including phenoxy) is 1. The summed E-state index contributed by atoms with van der Waals surface area (Å²) in [6, 6.07) is 13.3. The molecule has 0 bridgehead atoms. The Morgan fingerprint density at radius 2 is 1.65 bits per heavy atom. The van der Waals surface area contributed by atoms with Gasteiger partial charge in [0, 0.05) is 5.56 Å². The molecule has 0 saturated carbocycles. The summed E-state index contributed by atoms with van der Waals surface area (Å²) in [5, 5.41) is 0. The molecule has 0 aromatic heterocycles. The summed E-state index contributed by atoms with van der Waals surface area (Å²) in [5.41, 5.74) is 1.89. The maximum Gasteiger partial charge on any atom is 0.200 e. The number of aryl methyl sites for hydroxylation is 1. The molecule has 0 heterocycles. The van der Waals surface area contributed by atoms with Crippen LogP contribution in [0.3, 0.4) is 0 Å². The fourth-order valence-corrected chi connectivity index (χ4v) is 3.00. The molecule has 0 aliphatic rings. The average molecular weight is 398 g/mol. The van der Waals surface area contributed by atoms with Crippen molar-refractivity contribution in [2.75, 3.05) is 6.61 Å². The van der Waals surface area contributed by atoms with Gasteiger partial charge in [-0.25, -0.2) is 0 Å². The Labute approximate surface area is 135 Å². The molecule has 4 heteroatoms. The normalized spacial score (nSPS) is 10.3. The first-order chi connectivity index (χ1) is 9.61. The predicted octanol–water partition coefficient (Wildman–Crippen LogP) is 5.04. The Hall–Kier alpha value is -1.13. The third-order valence-corrected chi connectivity index (χ3v) is 4.20. The van der Waals surface area contributed by atoms with Crippen LogP contribution in [0.15, 0.2) is 51.4 Å². The molecule has 0 aliphatic heterocycles. The van der Waals surface area contributed by atoms with E-state index in [2.05, 4.69) is 38.8 Å². The highest BCUT2D eigenvalue weighted by molar-refractivity contribution is 9.11. The number of para-hydroxylation sites is 1. The van der Waals surface area contributed by atoms with Crippen molar-refractivity contribution in [3.8, 4) is 5.75 Å². The van der Waals surface area contributed by atoms with Gasteiger partial charge in [0.2, 0.25) is 0 Å². The monoisotopic (exact) mass is 396 g/mol. The van der Waals surface area contributed by atoms with Gasteiger partial charge in [-0.1, -0.05) is 37.3 Å². The Bertz CT molecular complexity index is 586. The molecule has 0 fully saturated rings. The highest BCUT2D eigenvalue weighted by Crippen LogP contribution is 2.32. The first kappa shape index (κ1) is 15.3. The molecule has 0 amide bonds. The fourth-order valence-electron chi connectivity index (χ4n) is 1.77. The van der Waals surface area contributed by atoms with E-state index in [0.29, 0.717) is 11.3 Å². The molecule has 104 valence electrons. The maximum atomic E-state index is 12.1. The Kier molecular flexibility index (Phi) is 5.38. The van der Waals surface area contributed by atoms with Crippen molar-refractivity contribution in [2.45, 2.75) is 13.3 Å². The van der Waals surface area contributed by atoms with Gasteiger partial charge in [0.1, 0.15) is 5.75 Å². The summed E-state index contributed by atoms with van der Waals surface area (Å²) in [4.78, 5) is 12.1. The van der Waals surface area contributed by atoms with Crippen LogP contribution in [0, 0.1) is 0 Å². The van der Waals surface area contributed by atoms with Crippen molar-refractivity contribution in [1.29, 1.82) is 0 Å². The van der Waals surface area contributed by atoms with Gasteiger partial charge >= 0.3 is 0 Å². The van der Waals surface area contributed by atoms with Crippen LogP contribution in [0.1, 0.15) is 22.8 Å². The molecule has 0 atom stereocenters. The van der Waals surface area contributed by atoms with E-state index in [1.54, 1.807) is 0 Å². The quantitative estimate of drug-likeness (QED) is 0.661. The SMILES string of the molecule is CCc1ccc(C(=O)COc2c(Br)cccc2Br)cc1. The molecule has 2 nitrogen and oxygen atoms in total. The summed E-state index contributed by atoms with van der Waals surface area (Å²) < 4.78 is 7.24. The standard InChI is InChI=1S/C16H14Br2O2/c1-2-11-6-8-12(9-7-11)15(19)10-20-16-13(17)4-3-5-14(16)18/h3-9H,2,10H2,1H3. The number of rotatable bonds is 5. The first-order valence-corrected chi connectivity index (χ1v) is 7.89. The topological polar surface area (TPSA) is 26.3 Å². The van der Waals surface area contributed by atoms with E-state index in [0.717, 1.165) is 15.4 Å². The summed E-state index contributed by atoms with van der Waals surface area (Å²) in [7, 11) is 0. The second kappa shape index (κ2) is 7.04. The smallest absolute Gasteiger partial charge is 0.200 e. The molecular formula is C16H14Br2O2. The molecule has 0 aliphatic carbocycles. The number of carbonyl (C=O) groups is 1. The van der Waals surface area contributed by atoms with Crippen molar-refractivity contribution >= 4 is 37.6 Å². The summed E-state index contributed by atoms with van der Waals surface area (Å²) >= 11 is 6.81. The van der Waals surface area contributed by atoms with Crippen LogP contribution in [-0.2, 0) is 6.42 Å². The van der Waals surface area contributed by atoms with Gasteiger partial charge in [-0.2, -0.15) is 0 Å². The van der Waals surface area contributed by atoms with Gasteiger partial charge in [-0.15, -0.1) is 0 Å². The summed E-state index contributed by atoms with van der Waals surface area (Å²) in [5.74, 6) is 0.612. The van der Waals surface area contributed by atoms with Crippen LogP contribution in [-0.4, -0.2) is 12.4 Å². The molecular weight excluding hydrogens is 384 g/mol. The first-order valence-electron chi connectivity index (χ1n) is 6.30. The zero-order valence-corrected chi connectivity index (χ0v) is 14.2. The van der Waals surface area contributed by atoms with E-state index in [9.17, 15) is 4.79 Å². The number of Topliss-reactive ketones (excluding diaryl/α,β-unsaturated/α-hetero) is 1. The van der Waals surface area contributed by atoms with Crippen LogP contribution in [0.2, 0.25) is 0 Å². The maximum absolute atomic E-state index is 12.1. The minimum atomic E-state index is -0.0321. The molecule has 0 radical (unpaired) electrons. The average Bonchev–Trinajstić information content (AvgIpc) is 2.46. The molecule has 20 heavy (non-hydrogen) atoms. The van der Waals surface area contributed by atoms with Crippen LogP contribution in [0.25, 0.3) is 0 Å². The second-order valence-electron chi connectivity index (χ2n) is 4.31. The van der Waals surface area contributed by atoms with Crippen molar-refractivity contribution < 1.29 is 9.53 Å². The largest absolute Gasteiger partial charge is 0.483 e. The zero-order chi connectivity index (χ0) is 14.5. The van der Waals surface area contributed by atoms with Gasteiger partial charge in [0.25, 0.3) is 0 Å². The molecule has 0 spiro atoms. The summed E-state index contributed by atoms with van der Waals surface area (Å²) in [6.07, 6.45) is 0.967. The van der Waals surface area contributed by atoms with Crippen LogP contribution in [0.5, 0.6) is 5.75 Å². The molecule has 0 N–H and O–H groups in total. The number of hydrogen-bond donors (Lipinski definition) is 0. The van der Waals surface area contributed by atoms with E-state index in [1.807, 2.05) is 42.5 Å². The highest BCUT2D eigenvalue weighted by atomic mass is 79.9. The van der Waals surface area contributed by atoms with E-state index in [1.165, 1.54) is 5.56 Å². The zero-order valence-electron chi connectivity index (χ0n) is 11.0. The number of halogens is 2. The van der Waals surface area contributed by atoms with Gasteiger partial charge in [0.05, 0.1) is 8.95 Å². The van der Waals surface area contributed by atoms with E-state index < -0.39 is 0 Å². The van der Waals surface area contributed by atoms with Gasteiger partial charge in [-0.05, 0) is 56.0 Å². The molecule has 0 saturated heterocycles. The van der Waals surface area contributed by atoms with Gasteiger partial charge < -0.3 is 4.74 Å². The third kappa shape index (κ3) is 3.70. The van der Waals surface area contributed by atoms with Crippen molar-refractivity contribution in [1.82, 2.24) is 0 Å². The third-order valence-electron chi connectivity index (χ3n) is 2.95. The van der Waals surface area contributed by atoms with E-state index >= 15 is 0 Å². The van der Waals surface area contributed by atoms with Gasteiger partial charge in [0.15, 0.2) is 12.4 Å². The predicted molar refractivity (Wildman–Crippen MR) is 87.5 cm³/mol. The minimum absolute atomic E-state index is 0.0205. The van der Waals surface area contributed by atoms with Crippen LogP contribution in [0.4, 0.5) is 0 Å². The van der Waals surface area contributed by atoms with E-state index in [4.69, 9.17) is 4.74 Å². The van der Waals surface area contributed by atoms with Crippen molar-refractivity contribution in [2.24, 2.45) is 0 Å². The lowest BCUT2D eigenvalue weighted by Gasteiger charge is -2.09. The lowest BCUT2D eigenvalue weighted by Crippen LogP contribution is -2.12. The van der Waals surface area contributed by atoms with Crippen molar-refractivity contribution in [3.05, 3.63) is 62.5 Å². The minimum Gasteiger partial charge on any atom is -0.483 e. The molecule has 2 aromatic carbocycles. The lowest BCUT2D eigenvalue weighted by molar-refractivity contribution is 0.0920. The fraction of sp³-hybridized carbons (Fsp3) is 0.188.